The lowest BCUT2D eigenvalue weighted by atomic mass is 10.0. The van der Waals surface area contributed by atoms with Gasteiger partial charge in [0.25, 0.3) is 0 Å². The number of hydrogen-bond acceptors (Lipinski definition) is 2. The Balaban J connectivity index is 2.53. The van der Waals surface area contributed by atoms with Crippen LogP contribution in [-0.4, -0.2) is 11.8 Å². The van der Waals surface area contributed by atoms with E-state index in [0.29, 0.717) is 5.71 Å². The molecule has 1 aliphatic rings. The molecule has 10 heavy (non-hydrogen) atoms. The fourth-order valence-electron chi connectivity index (χ4n) is 1.12. The fraction of sp³-hybridized carbons (Fsp3) is 0.625. The Morgan fingerprint density at radius 3 is 3.10 bits per heavy atom. The predicted octanol–water partition coefficient (Wildman–Crippen LogP) is 1.46. The third-order valence-electron chi connectivity index (χ3n) is 1.83. The molecule has 0 radical (unpaired) electrons. The Morgan fingerprint density at radius 1 is 1.50 bits per heavy atom. The summed E-state index contributed by atoms with van der Waals surface area (Å²) in [6.45, 7) is 0. The van der Waals surface area contributed by atoms with E-state index in [-0.39, 0.29) is 6.04 Å². The minimum atomic E-state index is -0.0171. The third-order valence-corrected chi connectivity index (χ3v) is 1.83. The predicted molar refractivity (Wildman–Crippen MR) is 43.3 cm³/mol. The van der Waals surface area contributed by atoms with Crippen molar-refractivity contribution >= 4 is 5.71 Å². The van der Waals surface area contributed by atoms with Crippen LogP contribution in [0, 0.1) is 5.41 Å². The van der Waals surface area contributed by atoms with Crippen molar-refractivity contribution in [2.24, 2.45) is 5.73 Å². The molecule has 0 aromatic carbocycles. The monoisotopic (exact) mass is 138 g/mol. The molecule has 0 aliphatic heterocycles. The average molecular weight is 138 g/mol. The molecule has 0 heterocycles. The first kappa shape index (κ1) is 7.48. The van der Waals surface area contributed by atoms with Gasteiger partial charge in [-0.05, 0) is 25.3 Å². The number of rotatable bonds is 0. The van der Waals surface area contributed by atoms with E-state index in [1.165, 1.54) is 6.42 Å². The van der Waals surface area contributed by atoms with Crippen LogP contribution in [-0.2, 0) is 0 Å². The molecule has 1 aliphatic carbocycles. The third kappa shape index (κ3) is 1.95. The number of hydrogen-bond donors (Lipinski definition) is 2. The van der Waals surface area contributed by atoms with Crippen molar-refractivity contribution in [3.63, 3.8) is 0 Å². The van der Waals surface area contributed by atoms with Crippen LogP contribution in [0.2, 0.25) is 0 Å². The molecule has 0 saturated carbocycles. The van der Waals surface area contributed by atoms with Gasteiger partial charge < -0.3 is 11.1 Å². The Morgan fingerprint density at radius 2 is 2.30 bits per heavy atom. The van der Waals surface area contributed by atoms with E-state index in [1.807, 2.05) is 12.2 Å². The zero-order chi connectivity index (χ0) is 7.40. The first-order valence-corrected chi connectivity index (χ1v) is 3.81. The first-order valence-electron chi connectivity index (χ1n) is 3.81. The van der Waals surface area contributed by atoms with Gasteiger partial charge in [0.15, 0.2) is 0 Å². The van der Waals surface area contributed by atoms with Gasteiger partial charge in [-0.25, -0.2) is 0 Å². The Kier molecular flexibility index (Phi) is 2.63. The van der Waals surface area contributed by atoms with E-state index < -0.39 is 0 Å². The lowest BCUT2D eigenvalue weighted by Crippen LogP contribution is -2.28. The molecule has 0 bridgehead atoms. The smallest absolute Gasteiger partial charge is 0.0478 e. The van der Waals surface area contributed by atoms with Crippen LogP contribution in [0.3, 0.4) is 0 Å². The number of nitrogens with one attached hydrogen (secondary N) is 1. The average Bonchev–Trinajstić information content (AvgIpc) is 1.92. The van der Waals surface area contributed by atoms with Gasteiger partial charge in [0.1, 0.15) is 0 Å². The molecule has 3 N–H and O–H groups in total. The standard InChI is InChI=1S/C8H14N2/c9-7-5-3-1-2-4-6-8(7)10/h3,5,8-9H,1-2,4,6,10H2. The highest BCUT2D eigenvalue weighted by Gasteiger charge is 2.07. The van der Waals surface area contributed by atoms with E-state index in [4.69, 9.17) is 11.1 Å². The van der Waals surface area contributed by atoms with Gasteiger partial charge >= 0.3 is 0 Å². The van der Waals surface area contributed by atoms with E-state index >= 15 is 0 Å². The molecule has 0 aromatic heterocycles. The summed E-state index contributed by atoms with van der Waals surface area (Å²) in [6.07, 6.45) is 8.34. The fourth-order valence-corrected chi connectivity index (χ4v) is 1.12. The molecule has 0 saturated heterocycles. The SMILES string of the molecule is N=C1C=CCCCCC1N. The van der Waals surface area contributed by atoms with Crippen molar-refractivity contribution in [1.29, 1.82) is 5.41 Å². The summed E-state index contributed by atoms with van der Waals surface area (Å²) in [5.41, 5.74) is 6.25. The van der Waals surface area contributed by atoms with E-state index in [0.717, 1.165) is 19.3 Å². The van der Waals surface area contributed by atoms with Gasteiger partial charge in [-0.15, -0.1) is 0 Å². The zero-order valence-electron chi connectivity index (χ0n) is 6.14. The van der Waals surface area contributed by atoms with Crippen molar-refractivity contribution in [3.05, 3.63) is 12.2 Å². The van der Waals surface area contributed by atoms with Gasteiger partial charge in [0.2, 0.25) is 0 Å². The first-order chi connectivity index (χ1) is 4.80. The van der Waals surface area contributed by atoms with Crippen LogP contribution in [0.25, 0.3) is 0 Å². The van der Waals surface area contributed by atoms with Crippen molar-refractivity contribution in [3.8, 4) is 0 Å². The normalized spacial score (nSPS) is 27.7. The molecule has 1 unspecified atom stereocenters. The largest absolute Gasteiger partial charge is 0.323 e. The van der Waals surface area contributed by atoms with Crippen LogP contribution in [0.1, 0.15) is 25.7 Å². The molecule has 0 amide bonds. The van der Waals surface area contributed by atoms with Crippen molar-refractivity contribution in [2.75, 3.05) is 0 Å². The summed E-state index contributed by atoms with van der Waals surface area (Å²) >= 11 is 0. The van der Waals surface area contributed by atoms with Crippen LogP contribution in [0.5, 0.6) is 0 Å². The maximum absolute atomic E-state index is 7.42. The maximum atomic E-state index is 7.42. The molecular weight excluding hydrogens is 124 g/mol. The van der Waals surface area contributed by atoms with Crippen LogP contribution in [0.4, 0.5) is 0 Å². The summed E-state index contributed by atoms with van der Waals surface area (Å²) in [6, 6.07) is -0.0171. The number of nitrogens with two attached hydrogens (primary N) is 1. The van der Waals surface area contributed by atoms with Gasteiger partial charge in [-0.3, -0.25) is 0 Å². The molecule has 1 atom stereocenters. The second-order valence-corrected chi connectivity index (χ2v) is 2.75. The zero-order valence-corrected chi connectivity index (χ0v) is 6.14. The van der Waals surface area contributed by atoms with Gasteiger partial charge in [-0.1, -0.05) is 12.5 Å². The molecule has 0 fully saturated rings. The summed E-state index contributed by atoms with van der Waals surface area (Å²) in [4.78, 5) is 0. The Bertz CT molecular complexity index is 149. The van der Waals surface area contributed by atoms with Crippen molar-refractivity contribution in [1.82, 2.24) is 0 Å². The molecule has 2 heteroatoms. The molecule has 0 aromatic rings. The molecule has 56 valence electrons. The summed E-state index contributed by atoms with van der Waals surface area (Å²) in [7, 11) is 0. The lowest BCUT2D eigenvalue weighted by Gasteiger charge is -2.11. The number of allylic oxidation sites excluding steroid dienone is 1. The van der Waals surface area contributed by atoms with Gasteiger partial charge in [0, 0.05) is 11.8 Å². The van der Waals surface area contributed by atoms with Crippen molar-refractivity contribution in [2.45, 2.75) is 31.7 Å². The topological polar surface area (TPSA) is 49.9 Å². The molecule has 2 nitrogen and oxygen atoms in total. The molecule has 1 rings (SSSR count). The Labute approximate surface area is 61.6 Å². The maximum Gasteiger partial charge on any atom is 0.0478 e. The minimum absolute atomic E-state index is 0.0171. The highest BCUT2D eigenvalue weighted by Crippen LogP contribution is 2.07. The van der Waals surface area contributed by atoms with Crippen LogP contribution < -0.4 is 5.73 Å². The van der Waals surface area contributed by atoms with Gasteiger partial charge in [-0.2, -0.15) is 0 Å². The van der Waals surface area contributed by atoms with E-state index in [2.05, 4.69) is 0 Å². The highest BCUT2D eigenvalue weighted by atomic mass is 14.7. The second kappa shape index (κ2) is 3.52. The molecular formula is C8H14N2. The van der Waals surface area contributed by atoms with Gasteiger partial charge in [0.05, 0.1) is 0 Å². The Hall–Kier alpha value is -0.630. The summed E-state index contributed by atoms with van der Waals surface area (Å²) in [5, 5.41) is 7.42. The second-order valence-electron chi connectivity index (χ2n) is 2.75. The minimum Gasteiger partial charge on any atom is -0.323 e. The lowest BCUT2D eigenvalue weighted by molar-refractivity contribution is 0.647. The van der Waals surface area contributed by atoms with Crippen molar-refractivity contribution < 1.29 is 0 Å². The summed E-state index contributed by atoms with van der Waals surface area (Å²) in [5.74, 6) is 0. The summed E-state index contributed by atoms with van der Waals surface area (Å²) < 4.78 is 0. The van der Waals surface area contributed by atoms with E-state index in [9.17, 15) is 0 Å². The molecule has 0 spiro atoms. The van der Waals surface area contributed by atoms with E-state index in [1.54, 1.807) is 0 Å². The quantitative estimate of drug-likeness (QED) is 0.523. The van der Waals surface area contributed by atoms with Crippen LogP contribution >= 0.6 is 0 Å². The highest BCUT2D eigenvalue weighted by molar-refractivity contribution is 5.96. The van der Waals surface area contributed by atoms with Crippen LogP contribution in [0.15, 0.2) is 12.2 Å².